The Morgan fingerprint density at radius 1 is 0.950 bits per heavy atom. The van der Waals surface area contributed by atoms with E-state index in [4.69, 9.17) is 19.1 Å². The molecule has 1 saturated heterocycles. The Morgan fingerprint density at radius 2 is 1.60 bits per heavy atom. The minimum absolute atomic E-state index is 0.119. The van der Waals surface area contributed by atoms with Crippen molar-refractivity contribution in [3.8, 4) is 0 Å². The second-order valence-electron chi connectivity index (χ2n) is 13.2. The molecule has 7 nitrogen and oxygen atoms in total. The number of aromatic nitrogens is 2. The lowest BCUT2D eigenvalue weighted by Gasteiger charge is -2.36. The van der Waals surface area contributed by atoms with E-state index in [1.807, 2.05) is 6.07 Å². The molecule has 2 aliphatic rings. The van der Waals surface area contributed by atoms with E-state index < -0.39 is 8.32 Å². The van der Waals surface area contributed by atoms with Crippen LogP contribution in [0.15, 0.2) is 54.6 Å². The van der Waals surface area contributed by atoms with Crippen molar-refractivity contribution in [3.63, 3.8) is 0 Å². The maximum Gasteiger partial charge on any atom is 0.192 e. The number of benzene rings is 2. The van der Waals surface area contributed by atoms with E-state index in [0.29, 0.717) is 13.2 Å². The number of fused-ring (bicyclic) bond motifs is 1. The van der Waals surface area contributed by atoms with E-state index in [0.717, 1.165) is 61.6 Å². The first kappa shape index (κ1) is 28.6. The fourth-order valence-electron chi connectivity index (χ4n) is 5.18. The zero-order valence-corrected chi connectivity index (χ0v) is 26.3. The number of ether oxygens (including phenoxy) is 1. The molecule has 0 saturated carbocycles. The van der Waals surface area contributed by atoms with Gasteiger partial charge in [0.25, 0.3) is 0 Å². The zero-order valence-electron chi connectivity index (χ0n) is 25.3. The van der Waals surface area contributed by atoms with E-state index >= 15 is 0 Å². The van der Waals surface area contributed by atoms with E-state index in [1.54, 1.807) is 0 Å². The summed E-state index contributed by atoms with van der Waals surface area (Å²) in [5.41, 5.74) is 4.64. The smallest absolute Gasteiger partial charge is 0.192 e. The topological polar surface area (TPSA) is 62.8 Å². The van der Waals surface area contributed by atoms with Crippen molar-refractivity contribution in [2.24, 2.45) is 0 Å². The number of hydrogen-bond acceptors (Lipinski definition) is 7. The Labute approximate surface area is 241 Å². The molecule has 0 unspecified atom stereocenters. The first-order valence-electron chi connectivity index (χ1n) is 14.5. The van der Waals surface area contributed by atoms with Crippen LogP contribution in [-0.4, -0.2) is 51.1 Å². The normalized spacial score (nSPS) is 17.2. The zero-order chi connectivity index (χ0) is 28.5. The molecule has 0 bridgehead atoms. The lowest BCUT2D eigenvalue weighted by atomic mass is 9.88. The molecule has 0 radical (unpaired) electrons. The largest absolute Gasteiger partial charge is 0.409 e. The van der Waals surface area contributed by atoms with E-state index in [2.05, 4.69) is 111 Å². The lowest BCUT2D eigenvalue weighted by Crippen LogP contribution is -2.40. The predicted molar refractivity (Wildman–Crippen MR) is 167 cm³/mol. The number of nitrogens with zero attached hydrogens (tertiary/aromatic N) is 4. The number of rotatable bonds is 8. The molecule has 5 rings (SSSR count). The highest BCUT2D eigenvalue weighted by atomic mass is 28.4. The number of hydrogen-bond donors (Lipinski definition) is 1. The highest BCUT2D eigenvalue weighted by Crippen LogP contribution is 2.47. The van der Waals surface area contributed by atoms with Gasteiger partial charge in [-0.3, -0.25) is 0 Å². The summed E-state index contributed by atoms with van der Waals surface area (Å²) in [6, 6.07) is 19.4. The monoisotopic (exact) mass is 559 g/mol. The third kappa shape index (κ3) is 6.04. The SMILES string of the molecule is CC1(C)CN(c2ccc(N3CCOCC3)cc2)c2nc(CO[Si](C)(C)C(C)(C)C)nc(NCc3ccccc3)c21. The molecule has 8 heteroatoms. The van der Waals surface area contributed by atoms with Gasteiger partial charge in [-0.15, -0.1) is 0 Å². The van der Waals surface area contributed by atoms with Crippen LogP contribution in [0.4, 0.5) is 23.0 Å². The maximum atomic E-state index is 6.59. The summed E-state index contributed by atoms with van der Waals surface area (Å²) in [6.45, 7) is 21.3. The van der Waals surface area contributed by atoms with E-state index in [1.165, 1.54) is 11.3 Å². The lowest BCUT2D eigenvalue weighted by molar-refractivity contribution is 0.122. The van der Waals surface area contributed by atoms with Gasteiger partial charge in [0.2, 0.25) is 0 Å². The van der Waals surface area contributed by atoms with Crippen LogP contribution in [0, 0.1) is 0 Å². The molecule has 2 aromatic carbocycles. The van der Waals surface area contributed by atoms with Crippen molar-refractivity contribution in [1.29, 1.82) is 0 Å². The number of morpholine rings is 1. The van der Waals surface area contributed by atoms with Crippen LogP contribution < -0.4 is 15.1 Å². The van der Waals surface area contributed by atoms with Crippen LogP contribution in [0.1, 0.15) is 51.6 Å². The highest BCUT2D eigenvalue weighted by molar-refractivity contribution is 6.74. The Kier molecular flexibility index (Phi) is 7.96. The van der Waals surface area contributed by atoms with Crippen molar-refractivity contribution in [3.05, 3.63) is 71.5 Å². The molecule has 0 aliphatic carbocycles. The molecular formula is C32H45N5O2Si. The molecule has 2 aliphatic heterocycles. The number of nitrogens with one attached hydrogen (secondary N) is 1. The highest BCUT2D eigenvalue weighted by Gasteiger charge is 2.41. The Balaban J connectivity index is 1.49. The Morgan fingerprint density at radius 3 is 2.25 bits per heavy atom. The first-order valence-corrected chi connectivity index (χ1v) is 17.4. The molecule has 1 aromatic heterocycles. The van der Waals surface area contributed by atoms with E-state index in [9.17, 15) is 0 Å². The third-order valence-electron chi connectivity index (χ3n) is 8.63. The van der Waals surface area contributed by atoms with Gasteiger partial charge >= 0.3 is 0 Å². The summed E-state index contributed by atoms with van der Waals surface area (Å²) < 4.78 is 12.1. The minimum atomic E-state index is -1.96. The summed E-state index contributed by atoms with van der Waals surface area (Å²) in [5, 5.41) is 3.79. The van der Waals surface area contributed by atoms with Crippen LogP contribution in [0.2, 0.25) is 18.1 Å². The summed E-state index contributed by atoms with van der Waals surface area (Å²) in [4.78, 5) is 15.0. The number of anilines is 4. The van der Waals surface area contributed by atoms with Crippen LogP contribution >= 0.6 is 0 Å². The van der Waals surface area contributed by atoms with Crippen molar-refractivity contribution >= 4 is 31.3 Å². The van der Waals surface area contributed by atoms with Gasteiger partial charge in [-0.05, 0) is 48.0 Å². The maximum absolute atomic E-state index is 6.59. The van der Waals surface area contributed by atoms with Gasteiger partial charge < -0.3 is 24.3 Å². The Bertz CT molecular complexity index is 1300. The molecule has 3 aromatic rings. The summed E-state index contributed by atoms with van der Waals surface area (Å²) in [5.74, 6) is 2.61. The second-order valence-corrected chi connectivity index (χ2v) is 18.0. The molecule has 1 N–H and O–H groups in total. The molecule has 1 fully saturated rings. The van der Waals surface area contributed by atoms with Gasteiger partial charge in [-0.25, -0.2) is 9.97 Å². The van der Waals surface area contributed by atoms with Crippen molar-refractivity contribution in [2.75, 3.05) is 48.0 Å². The quantitative estimate of drug-likeness (QED) is 0.302. The fourth-order valence-corrected chi connectivity index (χ4v) is 6.10. The first-order chi connectivity index (χ1) is 18.9. The molecule has 40 heavy (non-hydrogen) atoms. The second kappa shape index (κ2) is 11.1. The van der Waals surface area contributed by atoms with Crippen LogP contribution in [0.25, 0.3) is 0 Å². The predicted octanol–water partition coefficient (Wildman–Crippen LogP) is 6.88. The van der Waals surface area contributed by atoms with Crippen molar-refractivity contribution in [2.45, 2.75) is 71.3 Å². The van der Waals surface area contributed by atoms with Gasteiger partial charge in [0.1, 0.15) is 11.6 Å². The summed E-state index contributed by atoms with van der Waals surface area (Å²) in [6.07, 6.45) is 0. The molecular weight excluding hydrogens is 514 g/mol. The minimum Gasteiger partial charge on any atom is -0.409 e. The third-order valence-corrected chi connectivity index (χ3v) is 13.1. The Hall–Kier alpha value is -2.94. The fraction of sp³-hybridized carbons (Fsp3) is 0.500. The van der Waals surface area contributed by atoms with Crippen molar-refractivity contribution in [1.82, 2.24) is 9.97 Å². The van der Waals surface area contributed by atoms with Gasteiger partial charge in [0.05, 0.1) is 19.8 Å². The average Bonchev–Trinajstić information content (AvgIpc) is 3.21. The van der Waals surface area contributed by atoms with Crippen LogP contribution in [0.3, 0.4) is 0 Å². The molecule has 0 spiro atoms. The molecule has 0 amide bonds. The standard InChI is InChI=1S/C32H45N5O2Si/c1-31(2,3)40(6,7)39-22-27-34-29(33-21-24-11-9-8-10-12-24)28-30(35-27)37(23-32(28,4)5)26-15-13-25(14-16-26)36-17-19-38-20-18-36/h8-16H,17-23H2,1-7H3,(H,33,34,35). The van der Waals surface area contributed by atoms with Gasteiger partial charge in [-0.1, -0.05) is 65.0 Å². The van der Waals surface area contributed by atoms with Crippen molar-refractivity contribution < 1.29 is 9.16 Å². The summed E-state index contributed by atoms with van der Waals surface area (Å²) in [7, 11) is -1.96. The molecule has 214 valence electrons. The molecule has 0 atom stereocenters. The van der Waals surface area contributed by atoms with Gasteiger partial charge in [0.15, 0.2) is 14.1 Å². The van der Waals surface area contributed by atoms with Crippen LogP contribution in [-0.2, 0) is 27.7 Å². The average molecular weight is 560 g/mol. The summed E-state index contributed by atoms with van der Waals surface area (Å²) >= 11 is 0. The van der Waals surface area contributed by atoms with Crippen LogP contribution in [0.5, 0.6) is 0 Å². The van der Waals surface area contributed by atoms with Gasteiger partial charge in [0, 0.05) is 48.5 Å². The molecule has 3 heterocycles. The van der Waals surface area contributed by atoms with E-state index in [-0.39, 0.29) is 10.5 Å². The van der Waals surface area contributed by atoms with Gasteiger partial charge in [-0.2, -0.15) is 0 Å².